The lowest BCUT2D eigenvalue weighted by atomic mass is 10.2. The molecule has 0 spiro atoms. The monoisotopic (exact) mass is 191 g/mol. The highest BCUT2D eigenvalue weighted by Crippen LogP contribution is 2.13. The van der Waals surface area contributed by atoms with Crippen molar-refractivity contribution in [1.29, 1.82) is 0 Å². The Labute approximate surface area is 85.4 Å². The van der Waals surface area contributed by atoms with Crippen molar-refractivity contribution in [1.82, 2.24) is 4.98 Å². The lowest BCUT2D eigenvalue weighted by Crippen LogP contribution is -1.84. The second-order valence-corrected chi connectivity index (χ2v) is 3.25. The molecule has 1 aromatic heterocycles. The fraction of sp³-hybridized carbons (Fsp3) is 0.417. The smallest absolute Gasteiger partial charge is 0.194 e. The average Bonchev–Trinajstić information content (AvgIpc) is 2.63. The van der Waals surface area contributed by atoms with E-state index in [-0.39, 0.29) is 0 Å². The molecule has 1 heterocycles. The minimum Gasteiger partial charge on any atom is -0.448 e. The zero-order valence-electron chi connectivity index (χ0n) is 9.08. The van der Waals surface area contributed by atoms with Gasteiger partial charge in [-0.15, -0.1) is 0 Å². The molecule has 1 rings (SSSR count). The zero-order chi connectivity index (χ0) is 10.4. The Morgan fingerprint density at radius 1 is 1.57 bits per heavy atom. The second kappa shape index (κ2) is 5.43. The second-order valence-electron chi connectivity index (χ2n) is 3.25. The predicted octanol–water partition coefficient (Wildman–Crippen LogP) is 3.61. The maximum atomic E-state index is 5.33. The van der Waals surface area contributed by atoms with Crippen LogP contribution in [0.3, 0.4) is 0 Å². The Balaban J connectivity index is 2.75. The van der Waals surface area contributed by atoms with Crippen LogP contribution in [0.1, 0.15) is 38.8 Å². The Morgan fingerprint density at radius 3 is 3.00 bits per heavy atom. The summed E-state index contributed by atoms with van der Waals surface area (Å²) >= 11 is 0. The summed E-state index contributed by atoms with van der Waals surface area (Å²) in [4.78, 5) is 4.38. The van der Waals surface area contributed by atoms with Crippen molar-refractivity contribution in [2.75, 3.05) is 0 Å². The van der Waals surface area contributed by atoms with Gasteiger partial charge in [0, 0.05) is 6.42 Å². The first-order chi connectivity index (χ1) is 6.77. The summed E-state index contributed by atoms with van der Waals surface area (Å²) in [5, 5.41) is 0. The molecule has 0 radical (unpaired) electrons. The van der Waals surface area contributed by atoms with Crippen molar-refractivity contribution in [3.63, 3.8) is 0 Å². The van der Waals surface area contributed by atoms with Crippen LogP contribution in [0, 0.1) is 0 Å². The summed E-state index contributed by atoms with van der Waals surface area (Å²) in [5.74, 6) is 0.829. The molecule has 0 aliphatic rings. The fourth-order valence-electron chi connectivity index (χ4n) is 1.15. The predicted molar refractivity (Wildman–Crippen MR) is 59.0 cm³/mol. The molecule has 0 unspecified atom stereocenters. The Morgan fingerprint density at radius 2 is 2.36 bits per heavy atom. The van der Waals surface area contributed by atoms with E-state index in [1.54, 1.807) is 6.26 Å². The molecular weight excluding hydrogens is 174 g/mol. The van der Waals surface area contributed by atoms with Gasteiger partial charge < -0.3 is 4.42 Å². The first-order valence-corrected chi connectivity index (χ1v) is 5.02. The first-order valence-electron chi connectivity index (χ1n) is 5.02. The van der Waals surface area contributed by atoms with Crippen molar-refractivity contribution < 1.29 is 4.42 Å². The van der Waals surface area contributed by atoms with Gasteiger partial charge in [-0.25, -0.2) is 4.98 Å². The van der Waals surface area contributed by atoms with E-state index in [1.165, 1.54) is 0 Å². The first kappa shape index (κ1) is 10.8. The van der Waals surface area contributed by atoms with Crippen molar-refractivity contribution in [2.24, 2.45) is 0 Å². The van der Waals surface area contributed by atoms with Crippen LogP contribution in [-0.4, -0.2) is 4.98 Å². The molecule has 1 aromatic rings. The molecule has 0 N–H and O–H groups in total. The van der Waals surface area contributed by atoms with Crippen molar-refractivity contribution >= 4 is 5.57 Å². The van der Waals surface area contributed by atoms with Gasteiger partial charge in [-0.1, -0.05) is 25.2 Å². The summed E-state index contributed by atoms with van der Waals surface area (Å²) in [7, 11) is 0. The maximum absolute atomic E-state index is 5.33. The van der Waals surface area contributed by atoms with Crippen LogP contribution in [0.25, 0.3) is 5.57 Å². The van der Waals surface area contributed by atoms with Gasteiger partial charge in [-0.3, -0.25) is 0 Å². The Bertz CT molecular complexity index is 334. The molecule has 76 valence electrons. The van der Waals surface area contributed by atoms with Gasteiger partial charge in [0.15, 0.2) is 5.89 Å². The van der Waals surface area contributed by atoms with E-state index in [0.717, 1.165) is 30.0 Å². The SMILES string of the molecule is C/C=C\C=C(/C)c1coc(CCC)n1. The quantitative estimate of drug-likeness (QED) is 0.679. The summed E-state index contributed by atoms with van der Waals surface area (Å²) in [6, 6.07) is 0. The number of aryl methyl sites for hydroxylation is 1. The number of hydrogen-bond acceptors (Lipinski definition) is 2. The summed E-state index contributed by atoms with van der Waals surface area (Å²) in [6.07, 6.45) is 9.74. The van der Waals surface area contributed by atoms with Crippen LogP contribution < -0.4 is 0 Å². The van der Waals surface area contributed by atoms with Gasteiger partial charge in [0.1, 0.15) is 12.0 Å². The van der Waals surface area contributed by atoms with Crippen LogP contribution in [0.5, 0.6) is 0 Å². The molecule has 2 heteroatoms. The molecule has 2 nitrogen and oxygen atoms in total. The lowest BCUT2D eigenvalue weighted by Gasteiger charge is -1.90. The molecule has 0 aliphatic carbocycles. The van der Waals surface area contributed by atoms with Gasteiger partial charge in [-0.05, 0) is 25.8 Å². The number of oxazole rings is 1. The Hall–Kier alpha value is -1.31. The Kier molecular flexibility index (Phi) is 4.17. The van der Waals surface area contributed by atoms with E-state index >= 15 is 0 Å². The lowest BCUT2D eigenvalue weighted by molar-refractivity contribution is 0.491. The molecule has 0 amide bonds. The summed E-state index contributed by atoms with van der Waals surface area (Å²) < 4.78 is 5.33. The molecule has 0 saturated carbocycles. The molecule has 0 aromatic carbocycles. The van der Waals surface area contributed by atoms with E-state index in [0.29, 0.717) is 0 Å². The van der Waals surface area contributed by atoms with Gasteiger partial charge in [0.05, 0.1) is 0 Å². The molecular formula is C12H17NO. The third kappa shape index (κ3) is 2.87. The minimum atomic E-state index is 0.829. The topological polar surface area (TPSA) is 26.0 Å². The number of rotatable bonds is 4. The zero-order valence-corrected chi connectivity index (χ0v) is 9.08. The molecule has 0 fully saturated rings. The molecule has 0 bridgehead atoms. The van der Waals surface area contributed by atoms with Gasteiger partial charge in [0.2, 0.25) is 0 Å². The maximum Gasteiger partial charge on any atom is 0.194 e. The van der Waals surface area contributed by atoms with E-state index in [1.807, 2.05) is 32.1 Å². The highest BCUT2D eigenvalue weighted by atomic mass is 16.3. The largest absolute Gasteiger partial charge is 0.448 e. The van der Waals surface area contributed by atoms with Gasteiger partial charge in [-0.2, -0.15) is 0 Å². The van der Waals surface area contributed by atoms with Crippen LogP contribution >= 0.6 is 0 Å². The van der Waals surface area contributed by atoms with Crippen LogP contribution in [0.15, 0.2) is 28.9 Å². The van der Waals surface area contributed by atoms with Crippen LogP contribution in [-0.2, 0) is 6.42 Å². The normalized spacial score (nSPS) is 12.6. The number of allylic oxidation sites excluding steroid dienone is 4. The minimum absolute atomic E-state index is 0.829. The van der Waals surface area contributed by atoms with Crippen LogP contribution in [0.4, 0.5) is 0 Å². The highest BCUT2D eigenvalue weighted by molar-refractivity contribution is 5.61. The number of aromatic nitrogens is 1. The highest BCUT2D eigenvalue weighted by Gasteiger charge is 2.03. The molecule has 14 heavy (non-hydrogen) atoms. The third-order valence-corrected chi connectivity index (χ3v) is 1.96. The van der Waals surface area contributed by atoms with E-state index in [4.69, 9.17) is 4.42 Å². The van der Waals surface area contributed by atoms with Crippen LogP contribution in [0.2, 0.25) is 0 Å². The van der Waals surface area contributed by atoms with E-state index in [2.05, 4.69) is 11.9 Å². The standard InChI is InChI=1S/C12H17NO/c1-4-6-8-10(3)11-9-14-12(13-11)7-5-2/h4,6,8-9H,5,7H2,1-3H3/b6-4-,10-8+. The van der Waals surface area contributed by atoms with E-state index < -0.39 is 0 Å². The molecule has 0 atom stereocenters. The number of hydrogen-bond donors (Lipinski definition) is 0. The van der Waals surface area contributed by atoms with Gasteiger partial charge in [0.25, 0.3) is 0 Å². The van der Waals surface area contributed by atoms with Gasteiger partial charge >= 0.3 is 0 Å². The average molecular weight is 191 g/mol. The molecule has 0 saturated heterocycles. The van der Waals surface area contributed by atoms with Crippen molar-refractivity contribution in [3.05, 3.63) is 36.1 Å². The van der Waals surface area contributed by atoms with Crippen molar-refractivity contribution in [2.45, 2.75) is 33.6 Å². The van der Waals surface area contributed by atoms with E-state index in [9.17, 15) is 0 Å². The fourth-order valence-corrected chi connectivity index (χ4v) is 1.15. The van der Waals surface area contributed by atoms with Crippen molar-refractivity contribution in [3.8, 4) is 0 Å². The summed E-state index contributed by atoms with van der Waals surface area (Å²) in [5.41, 5.74) is 2.07. The summed E-state index contributed by atoms with van der Waals surface area (Å²) in [6.45, 7) is 6.15. The number of nitrogens with zero attached hydrogens (tertiary/aromatic N) is 1. The third-order valence-electron chi connectivity index (χ3n) is 1.96. The molecule has 0 aliphatic heterocycles.